The standard InChI is InChI=1S/C12H9N3O3/c1-18-12(17)9-6-10-13-8-5-3-2-4-7(8)11(16)15(10)14-9/h2-6,14H,1H3. The maximum atomic E-state index is 12.2. The minimum Gasteiger partial charge on any atom is -0.464 e. The molecule has 6 heteroatoms. The average Bonchev–Trinajstić information content (AvgIpc) is 2.82. The van der Waals surface area contributed by atoms with Crippen LogP contribution in [0.15, 0.2) is 35.1 Å². The highest BCUT2D eigenvalue weighted by Crippen LogP contribution is 2.10. The molecule has 0 spiro atoms. The maximum absolute atomic E-state index is 12.2. The molecule has 0 bridgehead atoms. The third-order valence-corrected chi connectivity index (χ3v) is 2.71. The molecule has 0 atom stereocenters. The number of H-pyrrole nitrogens is 1. The van der Waals surface area contributed by atoms with Crippen LogP contribution in [0.25, 0.3) is 16.6 Å². The fourth-order valence-corrected chi connectivity index (χ4v) is 1.85. The number of benzene rings is 1. The van der Waals surface area contributed by atoms with Crippen molar-refractivity contribution in [2.75, 3.05) is 7.11 Å². The number of aromatic nitrogens is 3. The molecule has 6 nitrogen and oxygen atoms in total. The van der Waals surface area contributed by atoms with Gasteiger partial charge in [-0.15, -0.1) is 0 Å². The molecule has 0 radical (unpaired) electrons. The molecule has 2 heterocycles. The molecule has 0 saturated heterocycles. The summed E-state index contributed by atoms with van der Waals surface area (Å²) in [5.41, 5.74) is 0.931. The van der Waals surface area contributed by atoms with E-state index in [4.69, 9.17) is 0 Å². The number of esters is 1. The Labute approximate surface area is 101 Å². The normalized spacial score (nSPS) is 10.9. The van der Waals surface area contributed by atoms with Gasteiger partial charge in [0.1, 0.15) is 5.69 Å². The lowest BCUT2D eigenvalue weighted by Crippen LogP contribution is -2.15. The van der Waals surface area contributed by atoms with Gasteiger partial charge in [-0.25, -0.2) is 14.3 Å². The Kier molecular flexibility index (Phi) is 2.16. The van der Waals surface area contributed by atoms with Crippen molar-refractivity contribution in [3.8, 4) is 0 Å². The van der Waals surface area contributed by atoms with Crippen molar-refractivity contribution in [1.29, 1.82) is 0 Å². The summed E-state index contributed by atoms with van der Waals surface area (Å²) in [5.74, 6) is -0.538. The number of nitrogens with zero attached hydrogens (tertiary/aromatic N) is 2. The lowest BCUT2D eigenvalue weighted by atomic mass is 10.2. The first-order valence-electron chi connectivity index (χ1n) is 5.29. The summed E-state index contributed by atoms with van der Waals surface area (Å²) in [4.78, 5) is 27.8. The Morgan fingerprint density at radius 2 is 2.17 bits per heavy atom. The van der Waals surface area contributed by atoms with E-state index in [0.717, 1.165) is 0 Å². The van der Waals surface area contributed by atoms with Crippen molar-refractivity contribution in [3.63, 3.8) is 0 Å². The zero-order valence-electron chi connectivity index (χ0n) is 9.51. The van der Waals surface area contributed by atoms with E-state index < -0.39 is 5.97 Å². The van der Waals surface area contributed by atoms with Crippen LogP contribution in [-0.4, -0.2) is 27.7 Å². The van der Waals surface area contributed by atoms with Crippen molar-refractivity contribution in [3.05, 3.63) is 46.4 Å². The Hall–Kier alpha value is -2.63. The molecule has 0 saturated carbocycles. The monoisotopic (exact) mass is 243 g/mol. The van der Waals surface area contributed by atoms with Gasteiger partial charge < -0.3 is 4.74 Å². The Morgan fingerprint density at radius 3 is 2.94 bits per heavy atom. The van der Waals surface area contributed by atoms with Crippen LogP contribution in [0, 0.1) is 0 Å². The quantitative estimate of drug-likeness (QED) is 0.646. The van der Waals surface area contributed by atoms with Crippen molar-refractivity contribution in [2.45, 2.75) is 0 Å². The van der Waals surface area contributed by atoms with Crippen LogP contribution in [0.4, 0.5) is 0 Å². The van der Waals surface area contributed by atoms with E-state index in [1.807, 2.05) is 0 Å². The number of fused-ring (bicyclic) bond motifs is 2. The number of ether oxygens (including phenoxy) is 1. The highest BCUT2D eigenvalue weighted by atomic mass is 16.5. The SMILES string of the molecule is COC(=O)c1cc2nc3ccccc3c(=O)n2[nH]1. The van der Waals surface area contributed by atoms with Crippen LogP contribution in [0.2, 0.25) is 0 Å². The van der Waals surface area contributed by atoms with E-state index in [9.17, 15) is 9.59 Å². The number of hydrogen-bond acceptors (Lipinski definition) is 4. The van der Waals surface area contributed by atoms with Crippen LogP contribution < -0.4 is 5.56 Å². The molecule has 18 heavy (non-hydrogen) atoms. The molecule has 0 aliphatic heterocycles. The highest BCUT2D eigenvalue weighted by molar-refractivity contribution is 5.89. The predicted molar refractivity (Wildman–Crippen MR) is 64.7 cm³/mol. The van der Waals surface area contributed by atoms with Gasteiger partial charge in [-0.1, -0.05) is 12.1 Å². The Bertz CT molecular complexity index is 816. The summed E-state index contributed by atoms with van der Waals surface area (Å²) in [6.45, 7) is 0. The number of rotatable bonds is 1. The molecule has 0 unspecified atom stereocenters. The molecule has 3 aromatic rings. The number of hydrogen-bond donors (Lipinski definition) is 1. The van der Waals surface area contributed by atoms with Crippen LogP contribution >= 0.6 is 0 Å². The van der Waals surface area contributed by atoms with Gasteiger partial charge in [0, 0.05) is 6.07 Å². The highest BCUT2D eigenvalue weighted by Gasteiger charge is 2.12. The van der Waals surface area contributed by atoms with Crippen LogP contribution in [0.5, 0.6) is 0 Å². The van der Waals surface area contributed by atoms with Crippen LogP contribution in [-0.2, 0) is 4.74 Å². The average molecular weight is 243 g/mol. The fourth-order valence-electron chi connectivity index (χ4n) is 1.85. The molecule has 3 rings (SSSR count). The first-order chi connectivity index (χ1) is 8.70. The van der Waals surface area contributed by atoms with E-state index in [1.54, 1.807) is 24.3 Å². The number of nitrogens with one attached hydrogen (secondary N) is 1. The molecule has 90 valence electrons. The maximum Gasteiger partial charge on any atom is 0.356 e. The van der Waals surface area contributed by atoms with Crippen molar-refractivity contribution in [2.24, 2.45) is 0 Å². The first-order valence-corrected chi connectivity index (χ1v) is 5.29. The molecule has 2 aromatic heterocycles. The van der Waals surface area contributed by atoms with Gasteiger partial charge in [0.15, 0.2) is 5.65 Å². The molecule has 0 fully saturated rings. The smallest absolute Gasteiger partial charge is 0.356 e. The third kappa shape index (κ3) is 1.39. The van der Waals surface area contributed by atoms with Gasteiger partial charge in [-0.05, 0) is 12.1 Å². The Morgan fingerprint density at radius 1 is 1.39 bits per heavy atom. The third-order valence-electron chi connectivity index (χ3n) is 2.71. The lowest BCUT2D eigenvalue weighted by Gasteiger charge is -1.97. The van der Waals surface area contributed by atoms with Gasteiger partial charge in [-0.2, -0.15) is 0 Å². The minimum atomic E-state index is -0.538. The first kappa shape index (κ1) is 10.5. The summed E-state index contributed by atoms with van der Waals surface area (Å²) in [6, 6.07) is 8.50. The zero-order valence-corrected chi connectivity index (χ0v) is 9.51. The summed E-state index contributed by atoms with van der Waals surface area (Å²) in [5, 5.41) is 3.17. The van der Waals surface area contributed by atoms with E-state index in [2.05, 4.69) is 14.8 Å². The van der Waals surface area contributed by atoms with Crippen molar-refractivity contribution < 1.29 is 9.53 Å². The molecular formula is C12H9N3O3. The molecule has 1 N–H and O–H groups in total. The van der Waals surface area contributed by atoms with Crippen molar-refractivity contribution in [1.82, 2.24) is 14.6 Å². The minimum absolute atomic E-state index is 0.192. The second-order valence-corrected chi connectivity index (χ2v) is 3.79. The van der Waals surface area contributed by atoms with Crippen molar-refractivity contribution >= 4 is 22.5 Å². The lowest BCUT2D eigenvalue weighted by molar-refractivity contribution is 0.0593. The largest absolute Gasteiger partial charge is 0.464 e. The van der Waals surface area contributed by atoms with E-state index in [0.29, 0.717) is 16.6 Å². The van der Waals surface area contributed by atoms with Gasteiger partial charge in [0.2, 0.25) is 0 Å². The number of para-hydroxylation sites is 1. The van der Waals surface area contributed by atoms with Crippen LogP contribution in [0.3, 0.4) is 0 Å². The number of carbonyl (C=O) groups is 1. The number of methoxy groups -OCH3 is 1. The van der Waals surface area contributed by atoms with Gasteiger partial charge in [0.25, 0.3) is 5.56 Å². The molecule has 0 amide bonds. The fraction of sp³-hybridized carbons (Fsp3) is 0.0833. The van der Waals surface area contributed by atoms with Gasteiger partial charge >= 0.3 is 5.97 Å². The van der Waals surface area contributed by atoms with E-state index in [1.165, 1.54) is 17.7 Å². The second kappa shape index (κ2) is 3.69. The predicted octanol–water partition coefficient (Wildman–Crippen LogP) is 0.962. The Balaban J connectivity index is 2.40. The molecule has 1 aromatic carbocycles. The zero-order chi connectivity index (χ0) is 12.7. The molecule has 0 aliphatic rings. The second-order valence-electron chi connectivity index (χ2n) is 3.79. The van der Waals surface area contributed by atoms with E-state index >= 15 is 0 Å². The number of carbonyl (C=O) groups excluding carboxylic acids is 1. The van der Waals surface area contributed by atoms with E-state index in [-0.39, 0.29) is 11.3 Å². The summed E-state index contributed by atoms with van der Waals surface area (Å²) in [6.07, 6.45) is 0. The molecular weight excluding hydrogens is 234 g/mol. The van der Waals surface area contributed by atoms with Gasteiger partial charge in [0.05, 0.1) is 18.0 Å². The van der Waals surface area contributed by atoms with Gasteiger partial charge in [-0.3, -0.25) is 9.89 Å². The summed E-state index contributed by atoms with van der Waals surface area (Å²) >= 11 is 0. The summed E-state index contributed by atoms with van der Waals surface area (Å²) in [7, 11) is 1.28. The molecule has 0 aliphatic carbocycles. The topological polar surface area (TPSA) is 76.5 Å². The van der Waals surface area contributed by atoms with Crippen LogP contribution in [0.1, 0.15) is 10.5 Å². The summed E-state index contributed by atoms with van der Waals surface area (Å²) < 4.78 is 5.82. The number of aromatic amines is 1.